The van der Waals surface area contributed by atoms with Crippen LogP contribution in [-0.2, 0) is 4.74 Å². The number of hydrogen-bond acceptors (Lipinski definition) is 4. The van der Waals surface area contributed by atoms with Crippen molar-refractivity contribution >= 4 is 23.2 Å². The molecule has 0 heterocycles. The predicted molar refractivity (Wildman–Crippen MR) is 76.1 cm³/mol. The molecule has 0 aliphatic rings. The molecule has 1 aromatic rings. The third-order valence-electron chi connectivity index (χ3n) is 2.87. The molecule has 0 aliphatic heterocycles. The molecule has 1 N–H and O–H groups in total. The van der Waals surface area contributed by atoms with Gasteiger partial charge in [-0.05, 0) is 18.1 Å². The van der Waals surface area contributed by atoms with Gasteiger partial charge >= 0.3 is 0 Å². The molecule has 1 atom stereocenters. The summed E-state index contributed by atoms with van der Waals surface area (Å²) >= 11 is 5.80. The summed E-state index contributed by atoms with van der Waals surface area (Å²) in [5.41, 5.74) is -0.323. The first kappa shape index (κ1) is 16.4. The molecular weight excluding hydrogens is 284 g/mol. The summed E-state index contributed by atoms with van der Waals surface area (Å²) in [5.74, 6) is -0.396. The summed E-state index contributed by atoms with van der Waals surface area (Å²) in [6, 6.07) is 3.66. The molecule has 6 nitrogen and oxygen atoms in total. The fourth-order valence-corrected chi connectivity index (χ4v) is 1.85. The van der Waals surface area contributed by atoms with Gasteiger partial charge in [-0.15, -0.1) is 0 Å². The molecular formula is C13H17ClN2O4. The Morgan fingerprint density at radius 2 is 2.15 bits per heavy atom. The first-order valence-corrected chi connectivity index (χ1v) is 6.48. The highest BCUT2D eigenvalue weighted by Crippen LogP contribution is 2.23. The van der Waals surface area contributed by atoms with Gasteiger partial charge in [0.2, 0.25) is 0 Å². The Morgan fingerprint density at radius 1 is 1.50 bits per heavy atom. The summed E-state index contributed by atoms with van der Waals surface area (Å²) in [6.07, 6.45) is 0. The Bertz CT molecular complexity index is 505. The Hall–Kier alpha value is -1.66. The number of nitro groups is 1. The number of nitrogens with one attached hydrogen (secondary N) is 1. The van der Waals surface area contributed by atoms with Crippen molar-refractivity contribution in [3.63, 3.8) is 0 Å². The lowest BCUT2D eigenvalue weighted by Gasteiger charge is -2.21. The fourth-order valence-electron chi connectivity index (χ4n) is 1.68. The topological polar surface area (TPSA) is 81.5 Å². The van der Waals surface area contributed by atoms with Crippen molar-refractivity contribution < 1.29 is 14.5 Å². The molecule has 0 spiro atoms. The van der Waals surface area contributed by atoms with Gasteiger partial charge in [-0.3, -0.25) is 14.9 Å². The van der Waals surface area contributed by atoms with E-state index in [1.54, 1.807) is 0 Å². The predicted octanol–water partition coefficient (Wildman–Crippen LogP) is 2.65. The molecule has 1 unspecified atom stereocenters. The lowest BCUT2D eigenvalue weighted by Crippen LogP contribution is -2.41. The van der Waals surface area contributed by atoms with Crippen LogP contribution in [0.2, 0.25) is 5.02 Å². The first-order valence-electron chi connectivity index (χ1n) is 6.10. The van der Waals surface area contributed by atoms with Crippen molar-refractivity contribution in [3.05, 3.63) is 38.9 Å². The number of amides is 1. The molecule has 0 saturated carbocycles. The lowest BCUT2D eigenvalue weighted by molar-refractivity contribution is -0.385. The van der Waals surface area contributed by atoms with Crippen LogP contribution < -0.4 is 5.32 Å². The van der Waals surface area contributed by atoms with Gasteiger partial charge < -0.3 is 10.1 Å². The van der Waals surface area contributed by atoms with Gasteiger partial charge in [0.1, 0.15) is 5.56 Å². The maximum atomic E-state index is 12.2. The molecule has 1 aromatic carbocycles. The number of methoxy groups -OCH3 is 1. The van der Waals surface area contributed by atoms with E-state index >= 15 is 0 Å². The number of benzene rings is 1. The van der Waals surface area contributed by atoms with E-state index < -0.39 is 10.8 Å². The average Bonchev–Trinajstić information content (AvgIpc) is 2.37. The molecule has 0 bridgehead atoms. The minimum absolute atomic E-state index is 0.0516. The highest BCUT2D eigenvalue weighted by Gasteiger charge is 2.23. The molecule has 7 heteroatoms. The number of ether oxygens (including phenoxy) is 1. The van der Waals surface area contributed by atoms with E-state index in [2.05, 4.69) is 5.32 Å². The van der Waals surface area contributed by atoms with E-state index in [1.807, 2.05) is 13.8 Å². The zero-order valence-electron chi connectivity index (χ0n) is 11.6. The number of nitro benzene ring substituents is 1. The average molecular weight is 301 g/mol. The van der Waals surface area contributed by atoms with Gasteiger partial charge in [0.05, 0.1) is 17.6 Å². The summed E-state index contributed by atoms with van der Waals surface area (Å²) in [5, 5.41) is 13.9. The number of nitrogens with zero attached hydrogens (tertiary/aromatic N) is 1. The maximum absolute atomic E-state index is 12.2. The van der Waals surface area contributed by atoms with E-state index in [-0.39, 0.29) is 28.2 Å². The standard InChI is InChI=1S/C13H17ClN2O4/c1-8(2)11(7-20-3)15-13(17)10-6-9(14)4-5-12(10)16(18)19/h4-6,8,11H,7H2,1-3H3,(H,15,17). The second kappa shape index (κ2) is 7.21. The maximum Gasteiger partial charge on any atom is 0.282 e. The van der Waals surface area contributed by atoms with Gasteiger partial charge in [-0.25, -0.2) is 0 Å². The summed E-state index contributed by atoms with van der Waals surface area (Å²) < 4.78 is 5.03. The van der Waals surface area contributed by atoms with Crippen LogP contribution in [0.25, 0.3) is 0 Å². The van der Waals surface area contributed by atoms with Crippen LogP contribution in [0.4, 0.5) is 5.69 Å². The largest absolute Gasteiger partial charge is 0.383 e. The lowest BCUT2D eigenvalue weighted by atomic mass is 10.0. The van der Waals surface area contributed by atoms with E-state index in [1.165, 1.54) is 25.3 Å². The normalized spacial score (nSPS) is 12.2. The van der Waals surface area contributed by atoms with Crippen molar-refractivity contribution in [1.82, 2.24) is 5.32 Å². The molecule has 0 aliphatic carbocycles. The number of carbonyl (C=O) groups excluding carboxylic acids is 1. The second-order valence-corrected chi connectivity index (χ2v) is 5.13. The van der Waals surface area contributed by atoms with E-state index in [0.717, 1.165) is 0 Å². The smallest absolute Gasteiger partial charge is 0.282 e. The third-order valence-corrected chi connectivity index (χ3v) is 3.10. The van der Waals surface area contributed by atoms with Gasteiger partial charge in [0.15, 0.2) is 0 Å². The molecule has 1 amide bonds. The van der Waals surface area contributed by atoms with Crippen molar-refractivity contribution in [1.29, 1.82) is 0 Å². The zero-order valence-corrected chi connectivity index (χ0v) is 12.3. The van der Waals surface area contributed by atoms with Crippen LogP contribution in [0.3, 0.4) is 0 Å². The number of rotatable bonds is 6. The van der Waals surface area contributed by atoms with Gasteiger partial charge in [-0.1, -0.05) is 25.4 Å². The molecule has 0 aromatic heterocycles. The summed E-state index contributed by atoms with van der Waals surface area (Å²) in [4.78, 5) is 22.5. The number of hydrogen-bond donors (Lipinski definition) is 1. The van der Waals surface area contributed by atoms with Gasteiger partial charge in [-0.2, -0.15) is 0 Å². The fraction of sp³-hybridized carbons (Fsp3) is 0.462. The van der Waals surface area contributed by atoms with Crippen LogP contribution in [-0.4, -0.2) is 30.6 Å². The number of halogens is 1. The Kier molecular flexibility index (Phi) is 5.91. The van der Waals surface area contributed by atoms with Crippen molar-refractivity contribution in [2.75, 3.05) is 13.7 Å². The van der Waals surface area contributed by atoms with Crippen molar-refractivity contribution in [2.24, 2.45) is 5.92 Å². The third kappa shape index (κ3) is 4.18. The van der Waals surface area contributed by atoms with Crippen LogP contribution >= 0.6 is 11.6 Å². The van der Waals surface area contributed by atoms with E-state index in [4.69, 9.17) is 16.3 Å². The van der Waals surface area contributed by atoms with Gasteiger partial charge in [0, 0.05) is 18.2 Å². The molecule has 110 valence electrons. The van der Waals surface area contributed by atoms with Crippen LogP contribution in [0.5, 0.6) is 0 Å². The van der Waals surface area contributed by atoms with Crippen molar-refractivity contribution in [2.45, 2.75) is 19.9 Å². The second-order valence-electron chi connectivity index (χ2n) is 4.70. The molecule has 1 rings (SSSR count). The van der Waals surface area contributed by atoms with Crippen molar-refractivity contribution in [3.8, 4) is 0 Å². The summed E-state index contributed by atoms with van der Waals surface area (Å²) in [6.45, 7) is 4.18. The highest BCUT2D eigenvalue weighted by molar-refractivity contribution is 6.31. The minimum Gasteiger partial charge on any atom is -0.383 e. The van der Waals surface area contributed by atoms with Gasteiger partial charge in [0.25, 0.3) is 11.6 Å². The minimum atomic E-state index is -0.605. The van der Waals surface area contributed by atoms with Crippen LogP contribution in [0, 0.1) is 16.0 Å². The van der Waals surface area contributed by atoms with E-state index in [0.29, 0.717) is 6.61 Å². The van der Waals surface area contributed by atoms with Crippen LogP contribution in [0.15, 0.2) is 18.2 Å². The Morgan fingerprint density at radius 3 is 2.65 bits per heavy atom. The highest BCUT2D eigenvalue weighted by atomic mass is 35.5. The van der Waals surface area contributed by atoms with E-state index in [9.17, 15) is 14.9 Å². The molecule has 0 saturated heterocycles. The molecule has 20 heavy (non-hydrogen) atoms. The molecule has 0 fully saturated rings. The zero-order chi connectivity index (χ0) is 15.3. The summed E-state index contributed by atoms with van der Waals surface area (Å²) in [7, 11) is 1.53. The Labute approximate surface area is 122 Å². The number of carbonyl (C=O) groups is 1. The SMILES string of the molecule is COCC(NC(=O)c1cc(Cl)ccc1[N+](=O)[O-])C(C)C. The molecule has 0 radical (unpaired) electrons. The van der Waals surface area contributed by atoms with Crippen LogP contribution in [0.1, 0.15) is 24.2 Å². The monoisotopic (exact) mass is 300 g/mol. The first-order chi connectivity index (χ1) is 9.36. The quantitative estimate of drug-likeness (QED) is 0.647. The Balaban J connectivity index is 3.02.